The maximum atomic E-state index is 12.8. The van der Waals surface area contributed by atoms with Gasteiger partial charge in [0.1, 0.15) is 24.2 Å². The lowest BCUT2D eigenvalue weighted by atomic mass is 9.97. The van der Waals surface area contributed by atoms with E-state index in [-0.39, 0.29) is 12.3 Å². The molecule has 0 aliphatic rings. The Bertz CT molecular complexity index is 575. The molecule has 0 saturated carbocycles. The van der Waals surface area contributed by atoms with Crippen molar-refractivity contribution < 1.29 is 34.5 Å². The Labute approximate surface area is 175 Å². The molecule has 0 heterocycles. The molecule has 0 aliphatic carbocycles. The molecule has 0 aromatic rings. The number of unbranched alkanes of at least 4 members (excludes halogenated alkanes) is 1. The van der Waals surface area contributed by atoms with Gasteiger partial charge in [0.25, 0.3) is 0 Å². The molecule has 0 rings (SSSR count). The van der Waals surface area contributed by atoms with Gasteiger partial charge in [0, 0.05) is 0 Å². The van der Waals surface area contributed by atoms with Crippen LogP contribution in [-0.4, -0.2) is 82.9 Å². The highest BCUT2D eigenvalue weighted by molar-refractivity contribution is 5.94. The number of nitrogens with one attached hydrogen (secondary N) is 3. The normalized spacial score (nSPS) is 15.9. The lowest BCUT2D eigenvalue weighted by Gasteiger charge is -2.27. The van der Waals surface area contributed by atoms with Gasteiger partial charge in [0.2, 0.25) is 17.7 Å². The van der Waals surface area contributed by atoms with Crippen LogP contribution < -0.4 is 27.4 Å². The molecule has 3 amide bonds. The van der Waals surface area contributed by atoms with E-state index in [0.717, 1.165) is 0 Å². The van der Waals surface area contributed by atoms with Crippen molar-refractivity contribution in [3.63, 3.8) is 0 Å². The number of hydrogen-bond acceptors (Lipinski definition) is 8. The summed E-state index contributed by atoms with van der Waals surface area (Å²) in [6.07, 6.45) is 1.86. The number of carboxylic acids is 1. The monoisotopic (exact) mass is 433 g/mol. The molecule has 0 radical (unpaired) electrons. The second-order valence-corrected chi connectivity index (χ2v) is 7.09. The van der Waals surface area contributed by atoms with Crippen LogP contribution in [0.4, 0.5) is 0 Å². The van der Waals surface area contributed by atoms with Crippen LogP contribution in [0.3, 0.4) is 0 Å². The van der Waals surface area contributed by atoms with Crippen molar-refractivity contribution in [1.82, 2.24) is 16.0 Å². The summed E-state index contributed by atoms with van der Waals surface area (Å²) < 4.78 is 0. The van der Waals surface area contributed by atoms with Gasteiger partial charge < -0.3 is 42.7 Å². The molecular weight excluding hydrogens is 398 g/mol. The Morgan fingerprint density at radius 2 is 1.50 bits per heavy atom. The van der Waals surface area contributed by atoms with Gasteiger partial charge in [-0.3, -0.25) is 14.4 Å². The first kappa shape index (κ1) is 27.7. The molecule has 10 N–H and O–H groups in total. The van der Waals surface area contributed by atoms with E-state index in [1.165, 1.54) is 0 Å². The van der Waals surface area contributed by atoms with Crippen LogP contribution in [0.1, 0.15) is 39.5 Å². The fraction of sp³-hybridized carbons (Fsp3) is 0.778. The summed E-state index contributed by atoms with van der Waals surface area (Å²) in [5, 5.41) is 34.3. The molecule has 30 heavy (non-hydrogen) atoms. The lowest BCUT2D eigenvalue weighted by Crippen LogP contribution is -2.59. The average Bonchev–Trinajstić information content (AvgIpc) is 2.73. The van der Waals surface area contributed by atoms with Crippen molar-refractivity contribution in [1.29, 1.82) is 0 Å². The number of carboxylic acid groups (broad SMARTS) is 1. The van der Waals surface area contributed by atoms with Gasteiger partial charge in [-0.2, -0.15) is 0 Å². The third-order valence-corrected chi connectivity index (χ3v) is 4.70. The standard InChI is InChI=1S/C18H35N5O7/c1-3-10(2)14(17(28)22-13(9-25)18(29)30)23-16(27)12(6-4-5-7-19)21-15(26)11(20)8-24/h10-14,24-25H,3-9,19-20H2,1-2H3,(H,21,26)(H,22,28)(H,23,27)(H,29,30). The molecule has 0 saturated heterocycles. The van der Waals surface area contributed by atoms with Crippen molar-refractivity contribution in [2.24, 2.45) is 17.4 Å². The van der Waals surface area contributed by atoms with E-state index in [1.807, 2.05) is 0 Å². The number of carbonyl (C=O) groups excluding carboxylic acids is 3. The number of hydrogen-bond donors (Lipinski definition) is 8. The largest absolute Gasteiger partial charge is 0.480 e. The molecule has 5 unspecified atom stereocenters. The zero-order chi connectivity index (χ0) is 23.3. The fourth-order valence-corrected chi connectivity index (χ4v) is 2.53. The Kier molecular flexibility index (Phi) is 13.5. The summed E-state index contributed by atoms with van der Waals surface area (Å²) in [4.78, 5) is 48.4. The predicted octanol–water partition coefficient (Wildman–Crippen LogP) is -2.99. The first-order valence-corrected chi connectivity index (χ1v) is 9.94. The number of aliphatic hydroxyl groups is 2. The lowest BCUT2D eigenvalue weighted by molar-refractivity contribution is -0.143. The maximum absolute atomic E-state index is 12.8. The summed E-state index contributed by atoms with van der Waals surface area (Å²) in [6, 6.07) is -4.82. The fourth-order valence-electron chi connectivity index (χ4n) is 2.53. The van der Waals surface area contributed by atoms with Crippen LogP contribution in [0.15, 0.2) is 0 Å². The van der Waals surface area contributed by atoms with Gasteiger partial charge >= 0.3 is 5.97 Å². The Morgan fingerprint density at radius 1 is 0.900 bits per heavy atom. The minimum Gasteiger partial charge on any atom is -0.480 e. The summed E-state index contributed by atoms with van der Waals surface area (Å²) in [7, 11) is 0. The van der Waals surface area contributed by atoms with Crippen LogP contribution >= 0.6 is 0 Å². The minimum atomic E-state index is -1.51. The first-order valence-electron chi connectivity index (χ1n) is 9.94. The number of aliphatic hydroxyl groups excluding tert-OH is 2. The summed E-state index contributed by atoms with van der Waals surface area (Å²) >= 11 is 0. The first-order chi connectivity index (χ1) is 14.1. The van der Waals surface area contributed by atoms with Crippen molar-refractivity contribution in [2.75, 3.05) is 19.8 Å². The van der Waals surface area contributed by atoms with Crippen molar-refractivity contribution >= 4 is 23.7 Å². The Balaban J connectivity index is 5.40. The zero-order valence-electron chi connectivity index (χ0n) is 17.5. The summed E-state index contributed by atoms with van der Waals surface area (Å²) in [6.45, 7) is 2.48. The van der Waals surface area contributed by atoms with Crippen molar-refractivity contribution in [2.45, 2.75) is 63.7 Å². The van der Waals surface area contributed by atoms with Crippen LogP contribution in [0.5, 0.6) is 0 Å². The molecule has 12 nitrogen and oxygen atoms in total. The number of nitrogens with two attached hydrogens (primary N) is 2. The highest BCUT2D eigenvalue weighted by atomic mass is 16.4. The van der Waals surface area contributed by atoms with Gasteiger partial charge in [-0.15, -0.1) is 0 Å². The molecule has 0 spiro atoms. The van der Waals surface area contributed by atoms with Gasteiger partial charge in [-0.25, -0.2) is 4.79 Å². The Hall–Kier alpha value is -2.28. The number of amides is 3. The summed E-state index contributed by atoms with van der Waals surface area (Å²) in [5.41, 5.74) is 10.9. The van der Waals surface area contributed by atoms with E-state index in [1.54, 1.807) is 13.8 Å². The number of carbonyl (C=O) groups is 4. The summed E-state index contributed by atoms with van der Waals surface area (Å²) in [5.74, 6) is -3.91. The molecule has 0 aromatic carbocycles. The maximum Gasteiger partial charge on any atom is 0.328 e. The van der Waals surface area contributed by atoms with Crippen molar-refractivity contribution in [3.05, 3.63) is 0 Å². The quantitative estimate of drug-likeness (QED) is 0.123. The molecule has 174 valence electrons. The van der Waals surface area contributed by atoms with E-state index >= 15 is 0 Å². The van der Waals surface area contributed by atoms with Crippen LogP contribution in [-0.2, 0) is 19.2 Å². The SMILES string of the molecule is CCC(C)C(NC(=O)C(CCCCN)NC(=O)C(N)CO)C(=O)NC(CO)C(=O)O. The van der Waals surface area contributed by atoms with E-state index in [9.17, 15) is 19.2 Å². The van der Waals surface area contributed by atoms with E-state index in [0.29, 0.717) is 25.8 Å². The molecule has 0 aromatic heterocycles. The second-order valence-electron chi connectivity index (χ2n) is 7.09. The van der Waals surface area contributed by atoms with E-state index < -0.39 is 61.1 Å². The predicted molar refractivity (Wildman–Crippen MR) is 108 cm³/mol. The van der Waals surface area contributed by atoms with Crippen LogP contribution in [0, 0.1) is 5.92 Å². The molecular formula is C18H35N5O7. The average molecular weight is 434 g/mol. The van der Waals surface area contributed by atoms with Gasteiger partial charge in [0.15, 0.2) is 0 Å². The van der Waals surface area contributed by atoms with Gasteiger partial charge in [0.05, 0.1) is 13.2 Å². The molecule has 0 bridgehead atoms. The third-order valence-electron chi connectivity index (χ3n) is 4.70. The Morgan fingerprint density at radius 3 is 1.97 bits per heavy atom. The number of aliphatic carboxylic acids is 1. The van der Waals surface area contributed by atoms with Gasteiger partial charge in [-0.1, -0.05) is 20.3 Å². The third kappa shape index (κ3) is 9.48. The molecule has 12 heteroatoms. The topological polar surface area (TPSA) is 217 Å². The van der Waals surface area contributed by atoms with Crippen LogP contribution in [0.2, 0.25) is 0 Å². The minimum absolute atomic E-state index is 0.232. The zero-order valence-corrected chi connectivity index (χ0v) is 17.5. The van der Waals surface area contributed by atoms with E-state index in [4.69, 9.17) is 26.8 Å². The number of rotatable bonds is 15. The highest BCUT2D eigenvalue weighted by Gasteiger charge is 2.32. The molecule has 0 fully saturated rings. The highest BCUT2D eigenvalue weighted by Crippen LogP contribution is 2.10. The van der Waals surface area contributed by atoms with E-state index in [2.05, 4.69) is 16.0 Å². The van der Waals surface area contributed by atoms with Crippen LogP contribution in [0.25, 0.3) is 0 Å². The smallest absolute Gasteiger partial charge is 0.328 e. The second kappa shape index (κ2) is 14.7. The van der Waals surface area contributed by atoms with Gasteiger partial charge in [-0.05, 0) is 31.7 Å². The molecule has 5 atom stereocenters. The van der Waals surface area contributed by atoms with Crippen molar-refractivity contribution in [3.8, 4) is 0 Å². The molecule has 0 aliphatic heterocycles.